The van der Waals surface area contributed by atoms with E-state index in [0.29, 0.717) is 50.5 Å². The number of amides is 2. The van der Waals surface area contributed by atoms with Gasteiger partial charge in [0.25, 0.3) is 5.91 Å². The lowest BCUT2D eigenvalue weighted by Crippen LogP contribution is -2.43. The van der Waals surface area contributed by atoms with Crippen molar-refractivity contribution in [3.05, 3.63) is 66.6 Å². The number of hydrogen-bond donors (Lipinski definition) is 1. The van der Waals surface area contributed by atoms with Gasteiger partial charge in [0.2, 0.25) is 5.91 Å². The van der Waals surface area contributed by atoms with Gasteiger partial charge in [-0.2, -0.15) is 5.10 Å². The summed E-state index contributed by atoms with van der Waals surface area (Å²) < 4.78 is 8.66. The number of benzene rings is 1. The van der Waals surface area contributed by atoms with E-state index in [4.69, 9.17) is 4.74 Å². The van der Waals surface area contributed by atoms with Crippen LogP contribution in [0.3, 0.4) is 0 Å². The number of likely N-dealkylation sites (tertiary alicyclic amines) is 1. The minimum Gasteiger partial charge on any atom is -0.383 e. The Morgan fingerprint density at radius 1 is 1.10 bits per heavy atom. The molecule has 2 aromatic heterocycles. The molecule has 1 aliphatic rings. The van der Waals surface area contributed by atoms with Gasteiger partial charge < -0.3 is 19.5 Å². The van der Waals surface area contributed by atoms with Crippen LogP contribution in [0, 0.1) is 5.92 Å². The van der Waals surface area contributed by atoms with Crippen molar-refractivity contribution in [1.29, 1.82) is 0 Å². The first-order valence-corrected chi connectivity index (χ1v) is 10.5. The number of nitrogens with one attached hydrogen (secondary N) is 1. The van der Waals surface area contributed by atoms with Gasteiger partial charge in [0, 0.05) is 45.1 Å². The van der Waals surface area contributed by atoms with Gasteiger partial charge in [-0.05, 0) is 37.1 Å². The van der Waals surface area contributed by atoms with Gasteiger partial charge in [0.05, 0.1) is 18.5 Å². The second-order valence-corrected chi connectivity index (χ2v) is 7.57. The average Bonchev–Trinajstić information content (AvgIpc) is 3.49. The van der Waals surface area contributed by atoms with Crippen LogP contribution in [0.25, 0.3) is 11.5 Å². The molecule has 1 aliphatic heterocycles. The highest BCUT2D eigenvalue weighted by Crippen LogP contribution is 2.24. The van der Waals surface area contributed by atoms with Crippen LogP contribution in [0.4, 0.5) is 0 Å². The molecular formula is C23H27N5O3. The average molecular weight is 422 g/mol. The number of carbonyl (C=O) groups excluding carboxylic acids is 2. The number of hydrogen-bond acceptors (Lipinski definition) is 4. The Morgan fingerprint density at radius 2 is 1.81 bits per heavy atom. The summed E-state index contributed by atoms with van der Waals surface area (Å²) in [5.41, 5.74) is 1.43. The van der Waals surface area contributed by atoms with E-state index in [-0.39, 0.29) is 17.7 Å². The minimum absolute atomic E-state index is 0.0362. The second-order valence-electron chi connectivity index (χ2n) is 7.57. The maximum atomic E-state index is 13.4. The summed E-state index contributed by atoms with van der Waals surface area (Å²) >= 11 is 0. The van der Waals surface area contributed by atoms with Gasteiger partial charge in [-0.1, -0.05) is 18.2 Å². The molecule has 3 aromatic rings. The zero-order chi connectivity index (χ0) is 21.6. The molecule has 0 saturated carbocycles. The Balaban J connectivity index is 1.51. The van der Waals surface area contributed by atoms with Crippen molar-refractivity contribution in [2.45, 2.75) is 12.8 Å². The Kier molecular flexibility index (Phi) is 6.47. The first-order chi connectivity index (χ1) is 15.2. The molecule has 0 atom stereocenters. The van der Waals surface area contributed by atoms with Gasteiger partial charge in [-0.15, -0.1) is 0 Å². The number of para-hydroxylation sites is 1. The topological polar surface area (TPSA) is 81.4 Å². The standard InChI is InChI=1S/C23H27N5O3/c1-31-16-11-24-21(29)18-9-14-27(15-10-18)23(30)20-17-25-28(19-7-3-2-4-8-19)22(20)26-12-5-6-13-26/h2-8,12-13,17-18H,9-11,14-16H2,1H3,(H,24,29). The lowest BCUT2D eigenvalue weighted by molar-refractivity contribution is -0.126. The third-order valence-electron chi connectivity index (χ3n) is 5.58. The SMILES string of the molecule is COCCNC(=O)C1CCN(C(=O)c2cnn(-c3ccccc3)c2-n2cccc2)CC1. The van der Waals surface area contributed by atoms with Crippen LogP contribution in [-0.4, -0.2) is 64.4 Å². The minimum atomic E-state index is -0.0723. The van der Waals surface area contributed by atoms with Crippen molar-refractivity contribution < 1.29 is 14.3 Å². The largest absolute Gasteiger partial charge is 0.383 e. The molecule has 0 aliphatic carbocycles. The first kappa shape index (κ1) is 20.9. The molecule has 0 spiro atoms. The first-order valence-electron chi connectivity index (χ1n) is 10.5. The molecule has 8 nitrogen and oxygen atoms in total. The molecule has 0 bridgehead atoms. The van der Waals surface area contributed by atoms with E-state index in [9.17, 15) is 9.59 Å². The molecule has 3 heterocycles. The number of methoxy groups -OCH3 is 1. The smallest absolute Gasteiger partial charge is 0.259 e. The molecule has 2 amide bonds. The Labute approximate surface area is 181 Å². The molecule has 1 fully saturated rings. The molecule has 4 rings (SSSR count). The predicted octanol–water partition coefficient (Wildman–Crippen LogP) is 2.28. The normalized spacial score (nSPS) is 14.5. The van der Waals surface area contributed by atoms with Crippen LogP contribution in [-0.2, 0) is 9.53 Å². The highest BCUT2D eigenvalue weighted by Gasteiger charge is 2.30. The van der Waals surface area contributed by atoms with Crippen molar-refractivity contribution in [3.8, 4) is 11.5 Å². The number of nitrogens with zero attached hydrogens (tertiary/aromatic N) is 4. The van der Waals surface area contributed by atoms with Gasteiger partial charge in [0.1, 0.15) is 5.56 Å². The highest BCUT2D eigenvalue weighted by atomic mass is 16.5. The molecule has 8 heteroatoms. The molecule has 0 unspecified atom stereocenters. The third-order valence-corrected chi connectivity index (χ3v) is 5.58. The number of carbonyl (C=O) groups is 2. The number of piperidine rings is 1. The van der Waals surface area contributed by atoms with Gasteiger partial charge in [0.15, 0.2) is 5.82 Å². The summed E-state index contributed by atoms with van der Waals surface area (Å²) in [7, 11) is 1.61. The fourth-order valence-corrected chi connectivity index (χ4v) is 3.91. The van der Waals surface area contributed by atoms with Crippen molar-refractivity contribution >= 4 is 11.8 Å². The summed E-state index contributed by atoms with van der Waals surface area (Å²) in [5.74, 6) is 0.607. The Hall–Kier alpha value is -3.39. The van der Waals surface area contributed by atoms with Crippen LogP contribution in [0.15, 0.2) is 61.1 Å². The van der Waals surface area contributed by atoms with Gasteiger partial charge in [-0.3, -0.25) is 9.59 Å². The van der Waals surface area contributed by atoms with E-state index >= 15 is 0 Å². The molecule has 1 N–H and O–H groups in total. The second kappa shape index (κ2) is 9.61. The van der Waals surface area contributed by atoms with E-state index in [2.05, 4.69) is 10.4 Å². The van der Waals surface area contributed by atoms with E-state index in [1.165, 1.54) is 0 Å². The summed E-state index contributed by atoms with van der Waals surface area (Å²) in [6, 6.07) is 13.6. The van der Waals surface area contributed by atoms with Crippen molar-refractivity contribution in [3.63, 3.8) is 0 Å². The highest BCUT2D eigenvalue weighted by molar-refractivity contribution is 5.97. The maximum absolute atomic E-state index is 13.4. The number of ether oxygens (including phenoxy) is 1. The molecule has 0 radical (unpaired) electrons. The summed E-state index contributed by atoms with van der Waals surface area (Å²) in [4.78, 5) is 27.5. The molecule has 1 aromatic carbocycles. The summed E-state index contributed by atoms with van der Waals surface area (Å²) in [6.45, 7) is 2.09. The lowest BCUT2D eigenvalue weighted by atomic mass is 9.95. The van der Waals surface area contributed by atoms with Gasteiger partial charge in [-0.25, -0.2) is 4.68 Å². The predicted molar refractivity (Wildman–Crippen MR) is 116 cm³/mol. The lowest BCUT2D eigenvalue weighted by Gasteiger charge is -2.31. The monoisotopic (exact) mass is 421 g/mol. The van der Waals surface area contributed by atoms with E-state index in [1.807, 2.05) is 64.3 Å². The van der Waals surface area contributed by atoms with Crippen LogP contribution >= 0.6 is 0 Å². The van der Waals surface area contributed by atoms with Crippen molar-refractivity contribution in [2.75, 3.05) is 33.4 Å². The van der Waals surface area contributed by atoms with E-state index < -0.39 is 0 Å². The summed E-state index contributed by atoms with van der Waals surface area (Å²) in [5, 5.41) is 7.41. The fourth-order valence-electron chi connectivity index (χ4n) is 3.91. The summed E-state index contributed by atoms with van der Waals surface area (Å²) in [6.07, 6.45) is 6.74. The van der Waals surface area contributed by atoms with Crippen molar-refractivity contribution in [1.82, 2.24) is 24.6 Å². The van der Waals surface area contributed by atoms with Crippen LogP contribution in [0.2, 0.25) is 0 Å². The third kappa shape index (κ3) is 4.54. The number of aromatic nitrogens is 3. The Morgan fingerprint density at radius 3 is 2.48 bits per heavy atom. The zero-order valence-corrected chi connectivity index (χ0v) is 17.6. The van der Waals surface area contributed by atoms with E-state index in [0.717, 1.165) is 5.69 Å². The quantitative estimate of drug-likeness (QED) is 0.594. The Bertz CT molecular complexity index is 1010. The molecular weight excluding hydrogens is 394 g/mol. The van der Waals surface area contributed by atoms with Crippen LogP contribution in [0.1, 0.15) is 23.2 Å². The van der Waals surface area contributed by atoms with Crippen LogP contribution < -0.4 is 5.32 Å². The fraction of sp³-hybridized carbons (Fsp3) is 0.348. The van der Waals surface area contributed by atoms with Crippen LogP contribution in [0.5, 0.6) is 0 Å². The zero-order valence-electron chi connectivity index (χ0n) is 17.6. The molecule has 1 saturated heterocycles. The van der Waals surface area contributed by atoms with Crippen molar-refractivity contribution in [2.24, 2.45) is 5.92 Å². The molecule has 31 heavy (non-hydrogen) atoms. The van der Waals surface area contributed by atoms with Gasteiger partial charge >= 0.3 is 0 Å². The number of rotatable bonds is 7. The maximum Gasteiger partial charge on any atom is 0.259 e. The van der Waals surface area contributed by atoms with E-state index in [1.54, 1.807) is 18.0 Å². The molecule has 162 valence electrons.